The lowest BCUT2D eigenvalue weighted by atomic mass is 10.0. The molecule has 0 atom stereocenters. The lowest BCUT2D eigenvalue weighted by molar-refractivity contribution is 0.0694. The Kier molecular flexibility index (Phi) is 4.89. The topological polar surface area (TPSA) is 60.9 Å². The SMILES string of the molecule is Cc1ccc(C(=O)N2CCN(S(=O)(=O)N(C)C)CC2)c(C)c1. The third-order valence-electron chi connectivity index (χ3n) is 3.93. The van der Waals surface area contributed by atoms with Crippen molar-refractivity contribution in [2.75, 3.05) is 40.3 Å². The van der Waals surface area contributed by atoms with Crippen LogP contribution in [-0.4, -0.2) is 68.1 Å². The summed E-state index contributed by atoms with van der Waals surface area (Å²) in [6.07, 6.45) is 0. The van der Waals surface area contributed by atoms with Crippen molar-refractivity contribution < 1.29 is 13.2 Å². The largest absolute Gasteiger partial charge is 0.336 e. The first kappa shape index (κ1) is 16.9. The lowest BCUT2D eigenvalue weighted by Gasteiger charge is -2.35. The highest BCUT2D eigenvalue weighted by atomic mass is 32.2. The summed E-state index contributed by atoms with van der Waals surface area (Å²) in [6.45, 7) is 5.41. The molecule has 0 spiro atoms. The third kappa shape index (κ3) is 3.31. The first-order chi connectivity index (χ1) is 10.2. The van der Waals surface area contributed by atoms with Gasteiger partial charge >= 0.3 is 0 Å². The minimum Gasteiger partial charge on any atom is -0.336 e. The van der Waals surface area contributed by atoms with Crippen LogP contribution in [0, 0.1) is 13.8 Å². The van der Waals surface area contributed by atoms with Crippen LogP contribution in [0.5, 0.6) is 0 Å². The zero-order valence-corrected chi connectivity index (χ0v) is 14.4. The fourth-order valence-electron chi connectivity index (χ4n) is 2.58. The predicted octanol–water partition coefficient (Wildman–Crippen LogP) is 0.868. The molecule has 0 bridgehead atoms. The molecule has 2 rings (SSSR count). The van der Waals surface area contributed by atoms with Crippen molar-refractivity contribution in [1.82, 2.24) is 13.5 Å². The Morgan fingerprint density at radius 1 is 1.09 bits per heavy atom. The molecular weight excluding hydrogens is 302 g/mol. The Morgan fingerprint density at radius 3 is 2.18 bits per heavy atom. The van der Waals surface area contributed by atoms with Crippen LogP contribution in [0.2, 0.25) is 0 Å². The van der Waals surface area contributed by atoms with Gasteiger partial charge in [0.25, 0.3) is 16.1 Å². The molecule has 7 heteroatoms. The highest BCUT2D eigenvalue weighted by molar-refractivity contribution is 7.86. The molecule has 0 aliphatic carbocycles. The second-order valence-corrected chi connectivity index (χ2v) is 7.94. The fourth-order valence-corrected chi connectivity index (χ4v) is 3.66. The van der Waals surface area contributed by atoms with E-state index in [0.29, 0.717) is 31.7 Å². The minimum absolute atomic E-state index is 0.0283. The van der Waals surface area contributed by atoms with Gasteiger partial charge in [0, 0.05) is 45.8 Å². The van der Waals surface area contributed by atoms with Crippen molar-refractivity contribution in [3.8, 4) is 0 Å². The molecule has 122 valence electrons. The van der Waals surface area contributed by atoms with Gasteiger partial charge in [-0.3, -0.25) is 4.79 Å². The summed E-state index contributed by atoms with van der Waals surface area (Å²) in [5.74, 6) is -0.0283. The lowest BCUT2D eigenvalue weighted by Crippen LogP contribution is -2.53. The molecule has 22 heavy (non-hydrogen) atoms. The molecule has 1 fully saturated rings. The van der Waals surface area contributed by atoms with Gasteiger partial charge in [0.05, 0.1) is 0 Å². The van der Waals surface area contributed by atoms with Crippen molar-refractivity contribution in [1.29, 1.82) is 0 Å². The molecule has 0 saturated carbocycles. The Hall–Kier alpha value is -1.44. The molecule has 0 unspecified atom stereocenters. The maximum absolute atomic E-state index is 12.6. The van der Waals surface area contributed by atoms with Gasteiger partial charge in [-0.15, -0.1) is 0 Å². The highest BCUT2D eigenvalue weighted by Gasteiger charge is 2.30. The van der Waals surface area contributed by atoms with Crippen LogP contribution in [-0.2, 0) is 10.2 Å². The quantitative estimate of drug-likeness (QED) is 0.828. The molecule has 0 aromatic heterocycles. The van der Waals surface area contributed by atoms with Crippen LogP contribution in [0.25, 0.3) is 0 Å². The highest BCUT2D eigenvalue weighted by Crippen LogP contribution is 2.16. The standard InChI is InChI=1S/C15H23N3O3S/c1-12-5-6-14(13(2)11-12)15(19)17-7-9-18(10-8-17)22(20,21)16(3)4/h5-6,11H,7-10H2,1-4H3. The second-order valence-electron chi connectivity index (χ2n) is 5.80. The van der Waals surface area contributed by atoms with Crippen LogP contribution in [0.3, 0.4) is 0 Å². The second kappa shape index (κ2) is 6.36. The number of hydrogen-bond acceptors (Lipinski definition) is 3. The smallest absolute Gasteiger partial charge is 0.281 e. The number of benzene rings is 1. The van der Waals surface area contributed by atoms with Crippen LogP contribution < -0.4 is 0 Å². The molecule has 1 aromatic carbocycles. The van der Waals surface area contributed by atoms with E-state index < -0.39 is 10.2 Å². The van der Waals surface area contributed by atoms with Gasteiger partial charge in [0.2, 0.25) is 0 Å². The van der Waals surface area contributed by atoms with Gasteiger partial charge in [0.1, 0.15) is 0 Å². The number of rotatable bonds is 3. The maximum atomic E-state index is 12.6. The van der Waals surface area contributed by atoms with Gasteiger partial charge in [0.15, 0.2) is 0 Å². The number of piperazine rings is 1. The molecule has 6 nitrogen and oxygen atoms in total. The Balaban J connectivity index is 2.07. The normalized spacial score (nSPS) is 17.0. The van der Waals surface area contributed by atoms with Crippen molar-refractivity contribution >= 4 is 16.1 Å². The van der Waals surface area contributed by atoms with E-state index in [2.05, 4.69) is 0 Å². The Labute approximate surface area is 132 Å². The summed E-state index contributed by atoms with van der Waals surface area (Å²) in [4.78, 5) is 14.3. The number of aryl methyl sites for hydroxylation is 2. The van der Waals surface area contributed by atoms with E-state index in [4.69, 9.17) is 0 Å². The number of amides is 1. The molecule has 1 aliphatic rings. The van der Waals surface area contributed by atoms with Gasteiger partial charge < -0.3 is 4.90 Å². The first-order valence-electron chi connectivity index (χ1n) is 7.27. The van der Waals surface area contributed by atoms with Crippen LogP contribution in [0.1, 0.15) is 21.5 Å². The third-order valence-corrected chi connectivity index (χ3v) is 5.87. The summed E-state index contributed by atoms with van der Waals surface area (Å²) in [6, 6.07) is 5.75. The Bertz CT molecular complexity index is 663. The average molecular weight is 325 g/mol. The van der Waals surface area contributed by atoms with Crippen LogP contribution in [0.15, 0.2) is 18.2 Å². The summed E-state index contributed by atoms with van der Waals surface area (Å²) in [7, 11) is -0.366. The van der Waals surface area contributed by atoms with E-state index in [9.17, 15) is 13.2 Å². The van der Waals surface area contributed by atoms with Gasteiger partial charge in [-0.25, -0.2) is 0 Å². The molecule has 1 heterocycles. The van der Waals surface area contributed by atoms with Crippen molar-refractivity contribution in [3.05, 3.63) is 34.9 Å². The van der Waals surface area contributed by atoms with Gasteiger partial charge in [-0.05, 0) is 25.5 Å². The number of carbonyl (C=O) groups excluding carboxylic acids is 1. The predicted molar refractivity (Wildman–Crippen MR) is 86.0 cm³/mol. The van der Waals surface area contributed by atoms with Crippen LogP contribution in [0.4, 0.5) is 0 Å². The zero-order chi connectivity index (χ0) is 16.5. The Morgan fingerprint density at radius 2 is 1.68 bits per heavy atom. The van der Waals surface area contributed by atoms with E-state index in [-0.39, 0.29) is 5.91 Å². The molecule has 1 aromatic rings. The van der Waals surface area contributed by atoms with E-state index in [1.807, 2.05) is 32.0 Å². The number of carbonyl (C=O) groups is 1. The van der Waals surface area contributed by atoms with Crippen LogP contribution >= 0.6 is 0 Å². The van der Waals surface area contributed by atoms with Crippen molar-refractivity contribution in [3.63, 3.8) is 0 Å². The van der Waals surface area contributed by atoms with E-state index in [1.165, 1.54) is 22.7 Å². The summed E-state index contributed by atoms with van der Waals surface area (Å²) < 4.78 is 26.8. The number of nitrogens with zero attached hydrogens (tertiary/aromatic N) is 3. The summed E-state index contributed by atoms with van der Waals surface area (Å²) >= 11 is 0. The maximum Gasteiger partial charge on any atom is 0.281 e. The molecule has 1 aliphatic heterocycles. The molecule has 1 amide bonds. The molecule has 1 saturated heterocycles. The van der Waals surface area contributed by atoms with E-state index in [1.54, 1.807) is 4.90 Å². The van der Waals surface area contributed by atoms with E-state index in [0.717, 1.165) is 11.1 Å². The minimum atomic E-state index is -3.40. The summed E-state index contributed by atoms with van der Waals surface area (Å²) in [5, 5.41) is 0. The average Bonchev–Trinajstić information content (AvgIpc) is 2.46. The van der Waals surface area contributed by atoms with E-state index >= 15 is 0 Å². The molecule has 0 radical (unpaired) electrons. The zero-order valence-electron chi connectivity index (χ0n) is 13.5. The number of hydrogen-bond donors (Lipinski definition) is 0. The van der Waals surface area contributed by atoms with Crippen molar-refractivity contribution in [2.24, 2.45) is 0 Å². The molecular formula is C15H23N3O3S. The molecule has 0 N–H and O–H groups in total. The first-order valence-corrected chi connectivity index (χ1v) is 8.67. The summed E-state index contributed by atoms with van der Waals surface area (Å²) in [5.41, 5.74) is 2.76. The van der Waals surface area contributed by atoms with Crippen molar-refractivity contribution in [2.45, 2.75) is 13.8 Å². The monoisotopic (exact) mass is 325 g/mol. The van der Waals surface area contributed by atoms with Gasteiger partial charge in [-0.2, -0.15) is 17.0 Å². The fraction of sp³-hybridized carbons (Fsp3) is 0.533. The van der Waals surface area contributed by atoms with Gasteiger partial charge in [-0.1, -0.05) is 17.7 Å².